The van der Waals surface area contributed by atoms with Crippen LogP contribution in [0, 0.1) is 11.8 Å². The van der Waals surface area contributed by atoms with E-state index in [4.69, 9.17) is 0 Å². The molecule has 30 heavy (non-hydrogen) atoms. The van der Waals surface area contributed by atoms with Gasteiger partial charge in [0.1, 0.15) is 11.7 Å². The van der Waals surface area contributed by atoms with Gasteiger partial charge in [0.05, 0.1) is 17.4 Å². The summed E-state index contributed by atoms with van der Waals surface area (Å²) < 4.78 is 38.8. The first-order valence-electron chi connectivity index (χ1n) is 9.61. The highest BCUT2D eigenvalue weighted by Crippen LogP contribution is 2.39. The highest BCUT2D eigenvalue weighted by atomic mass is 32.2. The number of H-pyrrole nitrogens is 1. The molecule has 1 saturated carbocycles. The number of carbonyl (C=O) groups excluding carboxylic acids is 3. The molecule has 3 atom stereocenters. The molecule has 1 saturated heterocycles. The largest absolute Gasteiger partial charge is 0.417 e. The molecule has 11 heteroatoms. The Morgan fingerprint density at radius 3 is 2.37 bits per heavy atom. The minimum Gasteiger partial charge on any atom is -0.327 e. The molecule has 2 N–H and O–H groups in total. The molecule has 0 bridgehead atoms. The van der Waals surface area contributed by atoms with Gasteiger partial charge >= 0.3 is 6.18 Å². The molecule has 0 aromatic carbocycles. The van der Waals surface area contributed by atoms with E-state index in [0.29, 0.717) is 30.9 Å². The average molecular weight is 445 g/mol. The van der Waals surface area contributed by atoms with E-state index < -0.39 is 58.6 Å². The van der Waals surface area contributed by atoms with Crippen molar-refractivity contribution in [2.75, 3.05) is 17.3 Å². The Kier molecular flexibility index (Phi) is 6.59. The summed E-state index contributed by atoms with van der Waals surface area (Å²) in [6.45, 7) is 0. The number of nitrogens with zero attached hydrogens (tertiary/aromatic N) is 1. The minimum atomic E-state index is -4.71. The van der Waals surface area contributed by atoms with Gasteiger partial charge in [0, 0.05) is 6.20 Å². The van der Waals surface area contributed by atoms with Crippen LogP contribution in [0.15, 0.2) is 17.1 Å². The molecule has 0 spiro atoms. The highest BCUT2D eigenvalue weighted by Gasteiger charge is 2.51. The van der Waals surface area contributed by atoms with Crippen molar-refractivity contribution < 1.29 is 27.6 Å². The lowest BCUT2D eigenvalue weighted by molar-refractivity contribution is -0.146. The molecule has 3 unspecified atom stereocenters. The number of rotatable bonds is 6. The first-order chi connectivity index (χ1) is 14.1. The Morgan fingerprint density at radius 2 is 1.83 bits per heavy atom. The number of imide groups is 1. The Morgan fingerprint density at radius 1 is 1.23 bits per heavy atom. The average Bonchev–Trinajstić information content (AvgIpc) is 2.94. The number of hydrogen-bond acceptors (Lipinski definition) is 5. The Hall–Kier alpha value is -2.30. The van der Waals surface area contributed by atoms with Gasteiger partial charge in [-0.05, 0) is 37.3 Å². The third-order valence-corrected chi connectivity index (χ3v) is 6.22. The molecule has 164 valence electrons. The quantitative estimate of drug-likeness (QED) is 0.656. The van der Waals surface area contributed by atoms with Gasteiger partial charge in [0.2, 0.25) is 17.7 Å². The standard InChI is InChI=1S/C19H22F3N3O4S/c1-30-7-6-14(25-17(28)11-4-2-3-5-12(11)18(25)29)16(27)24-13-8-10(19(20,21)22)9-23-15(13)26/h8-9,11-12,14H,2-7H2,1H3,(H,23,26)(H,24,27). The molecule has 2 heterocycles. The molecule has 1 aliphatic carbocycles. The SMILES string of the molecule is CSCCC(C(=O)Nc1cc(C(F)(F)F)c[nH]c1=O)N1C(=O)C2CCCCC2C1=O. The van der Waals surface area contributed by atoms with Gasteiger partial charge in [-0.3, -0.25) is 24.1 Å². The van der Waals surface area contributed by atoms with Crippen LogP contribution in [0.4, 0.5) is 18.9 Å². The number of anilines is 1. The molecule has 0 radical (unpaired) electrons. The summed E-state index contributed by atoms with van der Waals surface area (Å²) in [5.41, 5.74) is -2.62. The number of aromatic amines is 1. The van der Waals surface area contributed by atoms with Crippen LogP contribution in [0.2, 0.25) is 0 Å². The van der Waals surface area contributed by atoms with Crippen molar-refractivity contribution in [2.45, 2.75) is 44.3 Å². The molecule has 3 amide bonds. The zero-order chi connectivity index (χ0) is 22.1. The van der Waals surface area contributed by atoms with Crippen molar-refractivity contribution in [3.05, 3.63) is 28.2 Å². The number of amides is 3. The van der Waals surface area contributed by atoms with Gasteiger partial charge in [-0.25, -0.2) is 0 Å². The van der Waals surface area contributed by atoms with Crippen LogP contribution in [0.25, 0.3) is 0 Å². The lowest BCUT2D eigenvalue weighted by Crippen LogP contribution is -2.48. The number of fused-ring (bicyclic) bond motifs is 1. The number of hydrogen-bond donors (Lipinski definition) is 2. The summed E-state index contributed by atoms with van der Waals surface area (Å²) in [6, 6.07) is -0.646. The second kappa shape index (κ2) is 8.83. The molecule has 2 fully saturated rings. The van der Waals surface area contributed by atoms with Crippen LogP contribution in [-0.2, 0) is 20.6 Å². The molecular weight excluding hydrogens is 423 g/mol. The Bertz CT molecular complexity index is 878. The van der Waals surface area contributed by atoms with Gasteiger partial charge in [-0.2, -0.15) is 24.9 Å². The lowest BCUT2D eigenvalue weighted by atomic mass is 9.81. The summed E-state index contributed by atoms with van der Waals surface area (Å²) in [5, 5.41) is 2.19. The van der Waals surface area contributed by atoms with Crippen molar-refractivity contribution in [3.8, 4) is 0 Å². The molecular formula is C19H22F3N3O4S. The fourth-order valence-electron chi connectivity index (χ4n) is 4.06. The Balaban J connectivity index is 1.87. The number of halogens is 3. The van der Waals surface area contributed by atoms with E-state index in [1.54, 1.807) is 6.26 Å². The third kappa shape index (κ3) is 4.40. The summed E-state index contributed by atoms with van der Waals surface area (Å²) in [6.07, 6.45) is 0.553. The van der Waals surface area contributed by atoms with E-state index in [1.807, 2.05) is 4.98 Å². The van der Waals surface area contributed by atoms with Gasteiger partial charge < -0.3 is 10.3 Å². The van der Waals surface area contributed by atoms with E-state index in [1.165, 1.54) is 11.8 Å². The van der Waals surface area contributed by atoms with Gasteiger partial charge in [-0.1, -0.05) is 12.8 Å². The lowest BCUT2D eigenvalue weighted by Gasteiger charge is -2.25. The zero-order valence-corrected chi connectivity index (χ0v) is 17.1. The maximum atomic E-state index is 12.9. The molecule has 2 aliphatic rings. The highest BCUT2D eigenvalue weighted by molar-refractivity contribution is 7.98. The van der Waals surface area contributed by atoms with Crippen LogP contribution in [0.5, 0.6) is 0 Å². The van der Waals surface area contributed by atoms with Crippen molar-refractivity contribution in [2.24, 2.45) is 11.8 Å². The van der Waals surface area contributed by atoms with Crippen molar-refractivity contribution >= 4 is 35.2 Å². The van der Waals surface area contributed by atoms with Gasteiger partial charge in [-0.15, -0.1) is 0 Å². The number of carbonyl (C=O) groups is 3. The summed E-state index contributed by atoms with van der Waals surface area (Å²) in [7, 11) is 0. The van der Waals surface area contributed by atoms with Crippen LogP contribution in [0.3, 0.4) is 0 Å². The number of likely N-dealkylation sites (tertiary alicyclic amines) is 1. The third-order valence-electron chi connectivity index (χ3n) is 5.57. The topological polar surface area (TPSA) is 99.3 Å². The normalized spacial score (nSPS) is 22.7. The van der Waals surface area contributed by atoms with Crippen LogP contribution in [-0.4, -0.2) is 45.7 Å². The van der Waals surface area contributed by atoms with E-state index in [9.17, 15) is 32.3 Å². The summed E-state index contributed by atoms with van der Waals surface area (Å²) in [4.78, 5) is 53.5. The smallest absolute Gasteiger partial charge is 0.327 e. The van der Waals surface area contributed by atoms with Gasteiger partial charge in [0.25, 0.3) is 5.56 Å². The van der Waals surface area contributed by atoms with Gasteiger partial charge in [0.15, 0.2) is 0 Å². The number of aromatic nitrogens is 1. The van der Waals surface area contributed by atoms with E-state index >= 15 is 0 Å². The van der Waals surface area contributed by atoms with Crippen LogP contribution >= 0.6 is 11.8 Å². The molecule has 1 aliphatic heterocycles. The summed E-state index contributed by atoms with van der Waals surface area (Å²) >= 11 is 1.40. The van der Waals surface area contributed by atoms with E-state index in [0.717, 1.165) is 17.7 Å². The second-order valence-corrected chi connectivity index (χ2v) is 8.44. The maximum Gasteiger partial charge on any atom is 0.417 e. The fourth-order valence-corrected chi connectivity index (χ4v) is 4.52. The van der Waals surface area contributed by atoms with Crippen molar-refractivity contribution in [1.82, 2.24) is 9.88 Å². The first kappa shape index (κ1) is 22.4. The number of pyridine rings is 1. The van der Waals surface area contributed by atoms with E-state index in [-0.39, 0.29) is 6.42 Å². The van der Waals surface area contributed by atoms with E-state index in [2.05, 4.69) is 5.32 Å². The van der Waals surface area contributed by atoms with Crippen molar-refractivity contribution in [1.29, 1.82) is 0 Å². The fraction of sp³-hybridized carbons (Fsp3) is 0.579. The Labute approximate surface area is 174 Å². The number of nitrogens with one attached hydrogen (secondary N) is 2. The number of alkyl halides is 3. The maximum absolute atomic E-state index is 12.9. The van der Waals surface area contributed by atoms with Crippen LogP contribution in [0.1, 0.15) is 37.7 Å². The minimum absolute atomic E-state index is 0.140. The molecule has 1 aromatic rings. The number of thioether (sulfide) groups is 1. The van der Waals surface area contributed by atoms with Crippen LogP contribution < -0.4 is 10.9 Å². The molecule has 1 aromatic heterocycles. The summed E-state index contributed by atoms with van der Waals surface area (Å²) in [5.74, 6) is -2.13. The van der Waals surface area contributed by atoms with Crippen molar-refractivity contribution in [3.63, 3.8) is 0 Å². The monoisotopic (exact) mass is 445 g/mol. The molecule has 3 rings (SSSR count). The predicted molar refractivity (Wildman–Crippen MR) is 105 cm³/mol. The zero-order valence-electron chi connectivity index (χ0n) is 16.3. The second-order valence-electron chi connectivity index (χ2n) is 7.46. The molecule has 7 nitrogen and oxygen atoms in total. The predicted octanol–water partition coefficient (Wildman–Crippen LogP) is 2.63. The first-order valence-corrected chi connectivity index (χ1v) is 11.0.